The number of aliphatic hydroxyl groups excluding tert-OH is 1. The quantitative estimate of drug-likeness (QED) is 0.377. The van der Waals surface area contributed by atoms with E-state index >= 15 is 0 Å². The topological polar surface area (TPSA) is 110 Å². The molecule has 0 saturated carbocycles. The molecule has 0 spiro atoms. The Morgan fingerprint density at radius 2 is 2.12 bits per heavy atom. The molecule has 1 aromatic carbocycles. The lowest BCUT2D eigenvalue weighted by atomic mass is 9.77. The van der Waals surface area contributed by atoms with Crippen LogP contribution < -0.4 is 4.90 Å². The SMILES string of the molecule is O=C1[C@@H]2[C@@H](C(=O)N1c1ccc(Cl)cc1[N+](=O)[O-])[C@@]1(CO)C=C[C@H]2O1. The summed E-state index contributed by atoms with van der Waals surface area (Å²) >= 11 is 5.78. The molecule has 0 aliphatic carbocycles. The molecule has 0 radical (unpaired) electrons. The zero-order chi connectivity index (χ0) is 17.2. The zero-order valence-corrected chi connectivity index (χ0v) is 12.8. The summed E-state index contributed by atoms with van der Waals surface area (Å²) in [5, 5.41) is 21.0. The number of nitrogens with zero attached hydrogens (tertiary/aromatic N) is 2. The fraction of sp³-hybridized carbons (Fsp3) is 0.333. The van der Waals surface area contributed by atoms with Gasteiger partial charge in [0, 0.05) is 11.1 Å². The average molecular weight is 351 g/mol. The summed E-state index contributed by atoms with van der Waals surface area (Å²) in [6.45, 7) is -0.448. The molecule has 3 heterocycles. The number of amides is 2. The van der Waals surface area contributed by atoms with Gasteiger partial charge in [0.05, 0.1) is 29.5 Å². The van der Waals surface area contributed by atoms with E-state index in [0.717, 1.165) is 11.0 Å². The number of nitro benzene ring substituents is 1. The van der Waals surface area contributed by atoms with Crippen LogP contribution in [-0.2, 0) is 14.3 Å². The molecule has 0 unspecified atom stereocenters. The van der Waals surface area contributed by atoms with E-state index < -0.39 is 52.6 Å². The second kappa shape index (κ2) is 4.85. The number of halogens is 1. The first-order chi connectivity index (χ1) is 11.4. The van der Waals surface area contributed by atoms with Crippen LogP contribution in [-0.4, -0.2) is 40.2 Å². The third-order valence-corrected chi connectivity index (χ3v) is 5.01. The number of ether oxygens (including phenoxy) is 1. The van der Waals surface area contributed by atoms with Crippen LogP contribution in [0, 0.1) is 22.0 Å². The fourth-order valence-corrected chi connectivity index (χ4v) is 3.92. The molecule has 0 aromatic heterocycles. The molecule has 2 fully saturated rings. The standard InChI is InChI=1S/C15H11ClN2O6/c16-7-1-2-8(9(5-7)18(22)23)17-13(20)11-10-3-4-15(6-19,24-10)12(11)14(17)21/h1-5,10-12,19H,6H2/t10-,11+,12+,15+/m1/s1. The Labute approximate surface area is 140 Å². The van der Waals surface area contributed by atoms with E-state index in [4.69, 9.17) is 16.3 Å². The maximum absolute atomic E-state index is 12.8. The maximum Gasteiger partial charge on any atom is 0.294 e. The highest BCUT2D eigenvalue weighted by Gasteiger charge is 2.68. The lowest BCUT2D eigenvalue weighted by Crippen LogP contribution is -2.43. The van der Waals surface area contributed by atoms with Crippen molar-refractivity contribution < 1.29 is 24.4 Å². The summed E-state index contributed by atoms with van der Waals surface area (Å²) in [7, 11) is 0. The van der Waals surface area contributed by atoms with Crippen molar-refractivity contribution in [2.75, 3.05) is 11.5 Å². The van der Waals surface area contributed by atoms with Crippen LogP contribution in [0.3, 0.4) is 0 Å². The number of rotatable bonds is 3. The van der Waals surface area contributed by atoms with E-state index in [-0.39, 0.29) is 10.7 Å². The van der Waals surface area contributed by atoms with Gasteiger partial charge in [0.25, 0.3) is 5.69 Å². The number of carbonyl (C=O) groups is 2. The number of fused-ring (bicyclic) bond motifs is 5. The molecule has 1 N–H and O–H groups in total. The van der Waals surface area contributed by atoms with Crippen molar-refractivity contribution in [2.24, 2.45) is 11.8 Å². The molecule has 24 heavy (non-hydrogen) atoms. The van der Waals surface area contributed by atoms with Crippen LogP contribution in [0.4, 0.5) is 11.4 Å². The molecule has 3 aliphatic rings. The second-order valence-corrected chi connectivity index (χ2v) is 6.40. The molecule has 2 saturated heterocycles. The number of imide groups is 1. The minimum absolute atomic E-state index is 0.124. The van der Waals surface area contributed by atoms with Crippen LogP contribution in [0.5, 0.6) is 0 Å². The minimum Gasteiger partial charge on any atom is -0.393 e. The third kappa shape index (κ3) is 1.75. The molecule has 4 atom stereocenters. The molecule has 2 bridgehead atoms. The number of anilines is 1. The second-order valence-electron chi connectivity index (χ2n) is 5.96. The van der Waals surface area contributed by atoms with Gasteiger partial charge in [-0.25, -0.2) is 4.90 Å². The van der Waals surface area contributed by atoms with Crippen LogP contribution >= 0.6 is 11.6 Å². The molecule has 8 nitrogen and oxygen atoms in total. The number of hydrogen-bond donors (Lipinski definition) is 1. The number of aliphatic hydroxyl groups is 1. The van der Waals surface area contributed by atoms with Crippen LogP contribution in [0.15, 0.2) is 30.4 Å². The van der Waals surface area contributed by atoms with Gasteiger partial charge in [-0.3, -0.25) is 19.7 Å². The van der Waals surface area contributed by atoms with Crippen LogP contribution in [0.1, 0.15) is 0 Å². The number of hydrogen-bond acceptors (Lipinski definition) is 6. The van der Waals surface area contributed by atoms with Gasteiger partial charge in [-0.1, -0.05) is 23.8 Å². The first kappa shape index (κ1) is 15.3. The monoisotopic (exact) mass is 350 g/mol. The number of nitro groups is 1. The van der Waals surface area contributed by atoms with Crippen molar-refractivity contribution in [3.05, 3.63) is 45.5 Å². The van der Waals surface area contributed by atoms with E-state index in [1.165, 1.54) is 12.1 Å². The summed E-state index contributed by atoms with van der Waals surface area (Å²) in [5.74, 6) is -2.86. The highest BCUT2D eigenvalue weighted by Crippen LogP contribution is 2.53. The Kier molecular flexibility index (Phi) is 3.08. The van der Waals surface area contributed by atoms with Crippen molar-refractivity contribution >= 4 is 34.8 Å². The van der Waals surface area contributed by atoms with Crippen molar-refractivity contribution in [1.82, 2.24) is 0 Å². The van der Waals surface area contributed by atoms with Gasteiger partial charge in [-0.05, 0) is 12.1 Å². The Morgan fingerprint density at radius 1 is 1.38 bits per heavy atom. The first-order valence-electron chi connectivity index (χ1n) is 7.19. The van der Waals surface area contributed by atoms with E-state index in [0.29, 0.717) is 0 Å². The highest BCUT2D eigenvalue weighted by atomic mass is 35.5. The summed E-state index contributed by atoms with van der Waals surface area (Å²) in [6, 6.07) is 3.75. The van der Waals surface area contributed by atoms with E-state index in [9.17, 15) is 24.8 Å². The van der Waals surface area contributed by atoms with Gasteiger partial charge in [-0.2, -0.15) is 0 Å². The van der Waals surface area contributed by atoms with Crippen molar-refractivity contribution in [1.29, 1.82) is 0 Å². The molecular weight excluding hydrogens is 340 g/mol. The normalized spacial score (nSPS) is 33.4. The highest BCUT2D eigenvalue weighted by molar-refractivity contribution is 6.31. The molecule has 4 rings (SSSR count). The molecule has 3 aliphatic heterocycles. The summed E-state index contributed by atoms with van der Waals surface area (Å²) in [5.41, 5.74) is -1.79. The summed E-state index contributed by atoms with van der Waals surface area (Å²) in [6.07, 6.45) is 2.61. The lowest BCUT2D eigenvalue weighted by Gasteiger charge is -2.26. The molecular formula is C15H11ClN2O6. The van der Waals surface area contributed by atoms with E-state index in [2.05, 4.69) is 0 Å². The van der Waals surface area contributed by atoms with Crippen molar-refractivity contribution in [2.45, 2.75) is 11.7 Å². The van der Waals surface area contributed by atoms with Gasteiger partial charge in [0.1, 0.15) is 11.3 Å². The summed E-state index contributed by atoms with van der Waals surface area (Å²) in [4.78, 5) is 37.0. The van der Waals surface area contributed by atoms with Gasteiger partial charge < -0.3 is 9.84 Å². The van der Waals surface area contributed by atoms with Crippen molar-refractivity contribution in [3.63, 3.8) is 0 Å². The number of benzene rings is 1. The Balaban J connectivity index is 1.82. The predicted octanol–water partition coefficient (Wildman–Crippen LogP) is 1.05. The van der Waals surface area contributed by atoms with Gasteiger partial charge in [-0.15, -0.1) is 0 Å². The predicted molar refractivity (Wildman–Crippen MR) is 81.4 cm³/mol. The van der Waals surface area contributed by atoms with E-state index in [1.807, 2.05) is 0 Å². The fourth-order valence-electron chi connectivity index (χ4n) is 3.75. The summed E-state index contributed by atoms with van der Waals surface area (Å²) < 4.78 is 5.61. The minimum atomic E-state index is -1.24. The van der Waals surface area contributed by atoms with Gasteiger partial charge in [0.2, 0.25) is 11.8 Å². The molecule has 124 valence electrons. The number of carbonyl (C=O) groups excluding carboxylic acids is 2. The van der Waals surface area contributed by atoms with Crippen LogP contribution in [0.2, 0.25) is 5.02 Å². The van der Waals surface area contributed by atoms with Crippen molar-refractivity contribution in [3.8, 4) is 0 Å². The molecule has 1 aromatic rings. The Bertz CT molecular complexity index is 824. The maximum atomic E-state index is 12.8. The molecule has 2 amide bonds. The van der Waals surface area contributed by atoms with E-state index in [1.54, 1.807) is 12.2 Å². The largest absolute Gasteiger partial charge is 0.393 e. The zero-order valence-electron chi connectivity index (χ0n) is 12.1. The lowest BCUT2D eigenvalue weighted by molar-refractivity contribution is -0.384. The first-order valence-corrected chi connectivity index (χ1v) is 7.57. The third-order valence-electron chi connectivity index (χ3n) is 4.78. The molecule has 9 heteroatoms. The Morgan fingerprint density at radius 3 is 2.79 bits per heavy atom. The Hall–Kier alpha value is -2.29. The average Bonchev–Trinajstić information content (AvgIpc) is 3.19. The smallest absolute Gasteiger partial charge is 0.294 e. The van der Waals surface area contributed by atoms with Crippen LogP contribution in [0.25, 0.3) is 0 Å². The van der Waals surface area contributed by atoms with Gasteiger partial charge >= 0.3 is 0 Å². The van der Waals surface area contributed by atoms with Gasteiger partial charge in [0.15, 0.2) is 0 Å².